The van der Waals surface area contributed by atoms with Crippen LogP contribution in [0.15, 0.2) is 22.8 Å². The third-order valence-electron chi connectivity index (χ3n) is 3.41. The Morgan fingerprint density at radius 1 is 1.47 bits per heavy atom. The van der Waals surface area contributed by atoms with E-state index in [-0.39, 0.29) is 0 Å². The molecule has 90 valence electrons. The molecule has 3 heterocycles. The van der Waals surface area contributed by atoms with Crippen molar-refractivity contribution in [3.8, 4) is 0 Å². The molecule has 0 spiro atoms. The Hall–Kier alpha value is -0.940. The second-order valence-corrected chi connectivity index (χ2v) is 5.28. The van der Waals surface area contributed by atoms with E-state index in [1.165, 1.54) is 6.42 Å². The molecule has 2 aromatic heterocycles. The fraction of sp³-hybridized carbons (Fsp3) is 0.500. The van der Waals surface area contributed by atoms with Crippen LogP contribution in [0.5, 0.6) is 0 Å². The molecule has 1 fully saturated rings. The molecule has 0 amide bonds. The fourth-order valence-electron chi connectivity index (χ4n) is 2.39. The van der Waals surface area contributed by atoms with Gasteiger partial charge >= 0.3 is 0 Å². The van der Waals surface area contributed by atoms with E-state index < -0.39 is 0 Å². The Morgan fingerprint density at radius 3 is 3.06 bits per heavy atom. The molecule has 0 radical (unpaired) electrons. The summed E-state index contributed by atoms with van der Waals surface area (Å²) in [7, 11) is 0. The standard InChI is InChI=1S/C12H15BrN4/c1-2-16-7-6-9(8-16)12-14-11-5-3-4-10(13)17(11)15-12/h3-5,9H,2,6-8H2,1H3. The van der Waals surface area contributed by atoms with E-state index in [1.54, 1.807) is 0 Å². The zero-order valence-electron chi connectivity index (χ0n) is 9.80. The second-order valence-electron chi connectivity index (χ2n) is 4.47. The Bertz CT molecular complexity index is 536. The van der Waals surface area contributed by atoms with Gasteiger partial charge in [-0.2, -0.15) is 0 Å². The molecule has 0 N–H and O–H groups in total. The van der Waals surface area contributed by atoms with Crippen molar-refractivity contribution >= 4 is 21.6 Å². The first kappa shape index (κ1) is 11.2. The van der Waals surface area contributed by atoms with E-state index in [0.717, 1.165) is 35.7 Å². The summed E-state index contributed by atoms with van der Waals surface area (Å²) in [6, 6.07) is 5.97. The first-order valence-corrected chi connectivity index (χ1v) is 6.80. The van der Waals surface area contributed by atoms with Crippen LogP contribution in [0.3, 0.4) is 0 Å². The number of halogens is 1. The van der Waals surface area contributed by atoms with Crippen molar-refractivity contribution in [1.82, 2.24) is 19.5 Å². The van der Waals surface area contributed by atoms with Gasteiger partial charge in [-0.3, -0.25) is 0 Å². The van der Waals surface area contributed by atoms with E-state index in [1.807, 2.05) is 22.7 Å². The number of likely N-dealkylation sites (N-methyl/N-ethyl adjacent to an activating group) is 1. The number of hydrogen-bond donors (Lipinski definition) is 0. The van der Waals surface area contributed by atoms with Gasteiger partial charge in [0.2, 0.25) is 0 Å². The average molecular weight is 295 g/mol. The van der Waals surface area contributed by atoms with Gasteiger partial charge in [-0.25, -0.2) is 9.50 Å². The summed E-state index contributed by atoms with van der Waals surface area (Å²) < 4.78 is 2.82. The molecule has 5 heteroatoms. The summed E-state index contributed by atoms with van der Waals surface area (Å²) in [5, 5.41) is 4.60. The minimum absolute atomic E-state index is 0.488. The van der Waals surface area contributed by atoms with Gasteiger partial charge in [-0.05, 0) is 47.6 Å². The van der Waals surface area contributed by atoms with Gasteiger partial charge in [0.05, 0.1) is 0 Å². The predicted molar refractivity (Wildman–Crippen MR) is 70.2 cm³/mol. The monoisotopic (exact) mass is 294 g/mol. The normalized spacial score (nSPS) is 21.4. The van der Waals surface area contributed by atoms with E-state index >= 15 is 0 Å². The summed E-state index contributed by atoms with van der Waals surface area (Å²) in [5.41, 5.74) is 0.921. The van der Waals surface area contributed by atoms with Crippen LogP contribution >= 0.6 is 15.9 Å². The van der Waals surface area contributed by atoms with Crippen molar-refractivity contribution < 1.29 is 0 Å². The highest BCUT2D eigenvalue weighted by atomic mass is 79.9. The Kier molecular flexibility index (Phi) is 2.88. The second kappa shape index (κ2) is 4.38. The van der Waals surface area contributed by atoms with E-state index in [9.17, 15) is 0 Å². The molecule has 2 aromatic rings. The van der Waals surface area contributed by atoms with Gasteiger partial charge < -0.3 is 4.90 Å². The van der Waals surface area contributed by atoms with Crippen LogP contribution in [-0.4, -0.2) is 39.1 Å². The Labute approximate surface area is 109 Å². The molecule has 0 aliphatic carbocycles. The van der Waals surface area contributed by atoms with Gasteiger partial charge in [-0.15, -0.1) is 5.10 Å². The Morgan fingerprint density at radius 2 is 2.35 bits per heavy atom. The van der Waals surface area contributed by atoms with Crippen LogP contribution in [0.4, 0.5) is 0 Å². The van der Waals surface area contributed by atoms with Crippen molar-refractivity contribution in [3.05, 3.63) is 28.6 Å². The van der Waals surface area contributed by atoms with E-state index in [0.29, 0.717) is 5.92 Å². The summed E-state index contributed by atoms with van der Waals surface area (Å²) >= 11 is 3.49. The molecule has 1 atom stereocenters. The van der Waals surface area contributed by atoms with Crippen LogP contribution in [0, 0.1) is 0 Å². The molecule has 1 saturated heterocycles. The molecule has 4 nitrogen and oxygen atoms in total. The highest BCUT2D eigenvalue weighted by Gasteiger charge is 2.26. The lowest BCUT2D eigenvalue weighted by atomic mass is 10.1. The Balaban J connectivity index is 1.94. The molecular weight excluding hydrogens is 280 g/mol. The average Bonchev–Trinajstić information content (AvgIpc) is 2.95. The SMILES string of the molecule is CCN1CCC(c2nc3cccc(Br)n3n2)C1. The minimum atomic E-state index is 0.488. The molecule has 1 aliphatic heterocycles. The topological polar surface area (TPSA) is 33.4 Å². The van der Waals surface area contributed by atoms with Gasteiger partial charge in [0.15, 0.2) is 11.5 Å². The van der Waals surface area contributed by atoms with E-state index in [4.69, 9.17) is 0 Å². The highest BCUT2D eigenvalue weighted by molar-refractivity contribution is 9.10. The molecule has 0 bridgehead atoms. The smallest absolute Gasteiger partial charge is 0.156 e. The quantitative estimate of drug-likeness (QED) is 0.797. The molecule has 0 aromatic carbocycles. The van der Waals surface area contributed by atoms with Crippen LogP contribution < -0.4 is 0 Å². The van der Waals surface area contributed by atoms with Crippen LogP contribution in [0.2, 0.25) is 0 Å². The third kappa shape index (κ3) is 1.98. The molecule has 1 unspecified atom stereocenters. The van der Waals surface area contributed by atoms with Crippen molar-refractivity contribution in [1.29, 1.82) is 0 Å². The maximum absolute atomic E-state index is 4.62. The number of rotatable bonds is 2. The summed E-state index contributed by atoms with van der Waals surface area (Å²) in [6.07, 6.45) is 1.17. The fourth-order valence-corrected chi connectivity index (χ4v) is 2.81. The summed E-state index contributed by atoms with van der Waals surface area (Å²) in [4.78, 5) is 7.07. The van der Waals surface area contributed by atoms with Crippen molar-refractivity contribution in [3.63, 3.8) is 0 Å². The van der Waals surface area contributed by atoms with Gasteiger partial charge in [0.1, 0.15) is 4.60 Å². The predicted octanol–water partition coefficient (Wildman–Crippen LogP) is 2.30. The summed E-state index contributed by atoms with van der Waals surface area (Å²) in [6.45, 7) is 5.58. The zero-order chi connectivity index (χ0) is 11.8. The number of fused-ring (bicyclic) bond motifs is 1. The number of hydrogen-bond acceptors (Lipinski definition) is 3. The van der Waals surface area contributed by atoms with Crippen molar-refractivity contribution in [2.45, 2.75) is 19.3 Å². The van der Waals surface area contributed by atoms with Gasteiger partial charge in [0.25, 0.3) is 0 Å². The van der Waals surface area contributed by atoms with Crippen molar-refractivity contribution in [2.24, 2.45) is 0 Å². The van der Waals surface area contributed by atoms with Gasteiger partial charge in [0, 0.05) is 12.5 Å². The number of pyridine rings is 1. The lowest BCUT2D eigenvalue weighted by Crippen LogP contribution is -2.19. The lowest BCUT2D eigenvalue weighted by molar-refractivity contribution is 0.352. The summed E-state index contributed by atoms with van der Waals surface area (Å²) in [5.74, 6) is 1.47. The number of aromatic nitrogens is 3. The number of likely N-dealkylation sites (tertiary alicyclic amines) is 1. The maximum atomic E-state index is 4.62. The zero-order valence-corrected chi connectivity index (χ0v) is 11.4. The first-order chi connectivity index (χ1) is 8.28. The minimum Gasteiger partial charge on any atom is -0.303 e. The molecule has 3 rings (SSSR count). The number of nitrogens with zero attached hydrogens (tertiary/aromatic N) is 4. The molecule has 0 saturated carbocycles. The van der Waals surface area contributed by atoms with Crippen LogP contribution in [-0.2, 0) is 0 Å². The first-order valence-electron chi connectivity index (χ1n) is 6.01. The molecule has 1 aliphatic rings. The maximum Gasteiger partial charge on any atom is 0.156 e. The highest BCUT2D eigenvalue weighted by Crippen LogP contribution is 2.25. The van der Waals surface area contributed by atoms with Crippen LogP contribution in [0.25, 0.3) is 5.65 Å². The van der Waals surface area contributed by atoms with Gasteiger partial charge in [-0.1, -0.05) is 13.0 Å². The van der Waals surface area contributed by atoms with E-state index in [2.05, 4.69) is 37.8 Å². The molecular formula is C12H15BrN4. The molecule has 17 heavy (non-hydrogen) atoms. The van der Waals surface area contributed by atoms with Crippen molar-refractivity contribution in [2.75, 3.05) is 19.6 Å². The lowest BCUT2D eigenvalue weighted by Gasteiger charge is -2.10. The largest absolute Gasteiger partial charge is 0.303 e. The third-order valence-corrected chi connectivity index (χ3v) is 4.01. The van der Waals surface area contributed by atoms with Crippen LogP contribution in [0.1, 0.15) is 25.1 Å².